The summed E-state index contributed by atoms with van der Waals surface area (Å²) >= 11 is 0. The van der Waals surface area contributed by atoms with Gasteiger partial charge < -0.3 is 0 Å². The van der Waals surface area contributed by atoms with E-state index >= 15 is 0 Å². The Kier molecular flexibility index (Phi) is 7.76. The van der Waals surface area contributed by atoms with Crippen LogP contribution in [0.2, 0.25) is 0 Å². The number of hydrogen-bond donors (Lipinski definition) is 0. The quantitative estimate of drug-likeness (QED) is 0.383. The third-order valence-electron chi connectivity index (χ3n) is 6.68. The van der Waals surface area contributed by atoms with Crippen molar-refractivity contribution in [2.24, 2.45) is 17.8 Å². The van der Waals surface area contributed by atoms with Crippen molar-refractivity contribution in [2.75, 3.05) is 0 Å². The monoisotopic (exact) mass is 361 g/mol. The third-order valence-corrected chi connectivity index (χ3v) is 6.68. The average Bonchev–Trinajstić information content (AvgIpc) is 2.73. The van der Waals surface area contributed by atoms with Crippen LogP contribution in [0, 0.1) is 29.1 Å². The molecule has 0 unspecified atom stereocenters. The van der Waals surface area contributed by atoms with Crippen LogP contribution in [0.15, 0.2) is 48.6 Å². The van der Waals surface area contributed by atoms with Crippen molar-refractivity contribution >= 4 is 0 Å². The van der Waals surface area contributed by atoms with E-state index in [0.29, 0.717) is 5.92 Å². The summed E-state index contributed by atoms with van der Waals surface area (Å²) in [5, 5.41) is 8.65. The second-order valence-electron chi connectivity index (χ2n) is 8.65. The fraction of sp³-hybridized carbons (Fsp3) is 0.577. The summed E-state index contributed by atoms with van der Waals surface area (Å²) in [6.45, 7) is 2.25. The molecule has 1 heteroatoms. The molecule has 1 aromatic rings. The van der Waals surface area contributed by atoms with Gasteiger partial charge in [0.1, 0.15) is 0 Å². The normalized spacial score (nSPS) is 29.2. The lowest BCUT2D eigenvalue weighted by Crippen LogP contribution is -2.14. The highest BCUT2D eigenvalue weighted by Crippen LogP contribution is 2.37. The molecule has 0 atom stereocenters. The number of rotatable bonds is 6. The molecule has 27 heavy (non-hydrogen) atoms. The van der Waals surface area contributed by atoms with Gasteiger partial charge in [0, 0.05) is 6.08 Å². The largest absolute Gasteiger partial charge is 0.193 e. The van der Waals surface area contributed by atoms with Gasteiger partial charge >= 0.3 is 0 Å². The molecule has 2 aliphatic rings. The molecule has 1 aromatic carbocycles. The molecule has 0 heterocycles. The summed E-state index contributed by atoms with van der Waals surface area (Å²) in [6, 6.07) is 11.6. The van der Waals surface area contributed by atoms with E-state index in [2.05, 4.69) is 55.5 Å². The van der Waals surface area contributed by atoms with Crippen LogP contribution < -0.4 is 0 Å². The molecular weight excluding hydrogens is 326 g/mol. The van der Waals surface area contributed by atoms with Crippen LogP contribution in [0.1, 0.15) is 81.8 Å². The van der Waals surface area contributed by atoms with Crippen molar-refractivity contribution in [2.45, 2.75) is 77.0 Å². The van der Waals surface area contributed by atoms with Gasteiger partial charge in [0.2, 0.25) is 0 Å². The lowest BCUT2D eigenvalue weighted by molar-refractivity contribution is 0.348. The smallest absolute Gasteiger partial charge is 0.0908 e. The Bertz CT molecular complexity index is 644. The van der Waals surface area contributed by atoms with E-state index in [1.807, 2.05) is 0 Å². The fourth-order valence-electron chi connectivity index (χ4n) is 4.91. The van der Waals surface area contributed by atoms with Crippen LogP contribution in [-0.4, -0.2) is 0 Å². The van der Waals surface area contributed by atoms with Crippen molar-refractivity contribution < 1.29 is 0 Å². The van der Waals surface area contributed by atoms with Gasteiger partial charge in [-0.05, 0) is 92.6 Å². The molecule has 0 bridgehead atoms. The standard InChI is InChI=1S/C26H35N/c1-2-4-21-12-16-25(17-13-21)26-18-14-24(15-19-26)11-10-23-8-6-22(7-9-23)5-3-20-27/h3,5,10-13,16-17,22-24,26H,2,4,6-9,14-15,18-19H2,1H3/b5-3?,11-10+. The lowest BCUT2D eigenvalue weighted by atomic mass is 9.77. The van der Waals surface area contributed by atoms with Crippen molar-refractivity contribution in [1.82, 2.24) is 0 Å². The maximum absolute atomic E-state index is 8.65. The lowest BCUT2D eigenvalue weighted by Gasteiger charge is -2.28. The maximum Gasteiger partial charge on any atom is 0.0908 e. The minimum atomic E-state index is 0.633. The molecule has 0 amide bonds. The highest BCUT2D eigenvalue weighted by atomic mass is 14.3. The SMILES string of the molecule is CCCc1ccc(C2CCC(/C=C/C3CCC(C=CC#N)CC3)CC2)cc1. The second-order valence-corrected chi connectivity index (χ2v) is 8.65. The first kappa shape index (κ1) is 19.9. The van der Waals surface area contributed by atoms with Crippen LogP contribution in [0.3, 0.4) is 0 Å². The van der Waals surface area contributed by atoms with Gasteiger partial charge in [-0.25, -0.2) is 0 Å². The fourth-order valence-corrected chi connectivity index (χ4v) is 4.91. The van der Waals surface area contributed by atoms with E-state index in [9.17, 15) is 0 Å². The van der Waals surface area contributed by atoms with Crippen molar-refractivity contribution in [3.63, 3.8) is 0 Å². The summed E-state index contributed by atoms with van der Waals surface area (Å²) in [5.74, 6) is 2.96. The molecule has 0 N–H and O–H groups in total. The van der Waals surface area contributed by atoms with E-state index in [1.54, 1.807) is 11.6 Å². The maximum atomic E-state index is 8.65. The van der Waals surface area contributed by atoms with Gasteiger partial charge in [0.05, 0.1) is 6.07 Å². The van der Waals surface area contributed by atoms with Crippen LogP contribution >= 0.6 is 0 Å². The zero-order valence-corrected chi connectivity index (χ0v) is 16.9. The minimum absolute atomic E-state index is 0.633. The first-order valence-corrected chi connectivity index (χ1v) is 11.1. The molecule has 0 aromatic heterocycles. The van der Waals surface area contributed by atoms with Crippen LogP contribution in [0.4, 0.5) is 0 Å². The third kappa shape index (κ3) is 6.10. The van der Waals surface area contributed by atoms with E-state index < -0.39 is 0 Å². The highest BCUT2D eigenvalue weighted by molar-refractivity contribution is 5.26. The molecule has 3 rings (SSSR count). The molecule has 2 saturated carbocycles. The number of allylic oxidation sites excluding steroid dienone is 4. The molecule has 2 aliphatic carbocycles. The van der Waals surface area contributed by atoms with Gasteiger partial charge in [-0.15, -0.1) is 0 Å². The first-order valence-electron chi connectivity index (χ1n) is 11.1. The Morgan fingerprint density at radius 1 is 0.815 bits per heavy atom. The van der Waals surface area contributed by atoms with E-state index in [-0.39, 0.29) is 0 Å². The van der Waals surface area contributed by atoms with Gasteiger partial charge in [0.15, 0.2) is 0 Å². The van der Waals surface area contributed by atoms with Crippen LogP contribution in [-0.2, 0) is 6.42 Å². The number of hydrogen-bond acceptors (Lipinski definition) is 1. The molecular formula is C26H35N. The number of benzene rings is 1. The Balaban J connectivity index is 1.41. The van der Waals surface area contributed by atoms with Gasteiger partial charge in [0.25, 0.3) is 0 Å². The van der Waals surface area contributed by atoms with Crippen LogP contribution in [0.25, 0.3) is 0 Å². The molecule has 0 saturated heterocycles. The van der Waals surface area contributed by atoms with Crippen molar-refractivity contribution in [1.29, 1.82) is 5.26 Å². The Hall–Kier alpha value is -1.81. The summed E-state index contributed by atoms with van der Waals surface area (Å²) in [5.41, 5.74) is 3.04. The summed E-state index contributed by atoms with van der Waals surface area (Å²) in [4.78, 5) is 0. The summed E-state index contributed by atoms with van der Waals surface area (Å²) in [6.07, 6.45) is 21.7. The topological polar surface area (TPSA) is 23.8 Å². The average molecular weight is 362 g/mol. The minimum Gasteiger partial charge on any atom is -0.193 e. The molecule has 0 aliphatic heterocycles. The molecule has 0 radical (unpaired) electrons. The van der Waals surface area contributed by atoms with Crippen LogP contribution in [0.5, 0.6) is 0 Å². The number of nitriles is 1. The van der Waals surface area contributed by atoms with E-state index in [0.717, 1.165) is 17.8 Å². The second kappa shape index (κ2) is 10.5. The van der Waals surface area contributed by atoms with Gasteiger partial charge in [-0.1, -0.05) is 55.8 Å². The van der Waals surface area contributed by atoms with Crippen molar-refractivity contribution in [3.8, 4) is 6.07 Å². The Morgan fingerprint density at radius 2 is 1.33 bits per heavy atom. The molecule has 1 nitrogen and oxygen atoms in total. The summed E-state index contributed by atoms with van der Waals surface area (Å²) in [7, 11) is 0. The Labute approximate surface area is 166 Å². The number of nitrogens with zero attached hydrogens (tertiary/aromatic N) is 1. The van der Waals surface area contributed by atoms with Crippen molar-refractivity contribution in [3.05, 3.63) is 59.7 Å². The zero-order chi connectivity index (χ0) is 18.9. The highest BCUT2D eigenvalue weighted by Gasteiger charge is 2.22. The predicted molar refractivity (Wildman–Crippen MR) is 114 cm³/mol. The van der Waals surface area contributed by atoms with E-state index in [4.69, 9.17) is 5.26 Å². The van der Waals surface area contributed by atoms with Gasteiger partial charge in [-0.3, -0.25) is 0 Å². The van der Waals surface area contributed by atoms with Gasteiger partial charge in [-0.2, -0.15) is 5.26 Å². The Morgan fingerprint density at radius 3 is 1.85 bits per heavy atom. The molecule has 144 valence electrons. The zero-order valence-electron chi connectivity index (χ0n) is 16.9. The summed E-state index contributed by atoms with van der Waals surface area (Å²) < 4.78 is 0. The molecule has 0 spiro atoms. The first-order chi connectivity index (χ1) is 13.3. The van der Waals surface area contributed by atoms with E-state index in [1.165, 1.54) is 69.8 Å². The molecule has 2 fully saturated rings. The number of aryl methyl sites for hydroxylation is 1. The predicted octanol–water partition coefficient (Wildman–Crippen LogP) is 7.36.